The van der Waals surface area contributed by atoms with Crippen molar-refractivity contribution in [2.75, 3.05) is 7.11 Å². The Kier molecular flexibility index (Phi) is 6.45. The van der Waals surface area contributed by atoms with E-state index in [1.807, 2.05) is 12.1 Å². The molecular weight excluding hydrogens is 314 g/mol. The van der Waals surface area contributed by atoms with Crippen molar-refractivity contribution < 1.29 is 14.3 Å². The second-order valence-electron chi connectivity index (χ2n) is 6.27. The molecule has 0 aliphatic rings. The molecule has 1 amide bonds. The molecule has 0 aromatic heterocycles. The van der Waals surface area contributed by atoms with Crippen molar-refractivity contribution in [2.45, 2.75) is 46.3 Å². The first kappa shape index (κ1) is 18.8. The van der Waals surface area contributed by atoms with Crippen molar-refractivity contribution in [2.24, 2.45) is 0 Å². The van der Waals surface area contributed by atoms with Crippen molar-refractivity contribution in [3.8, 4) is 11.5 Å². The zero-order valence-electron chi connectivity index (χ0n) is 15.6. The highest BCUT2D eigenvalue weighted by molar-refractivity contribution is 5.81. The summed E-state index contributed by atoms with van der Waals surface area (Å²) in [6, 6.07) is 13.5. The normalized spacial score (nSPS) is 13.0. The van der Waals surface area contributed by atoms with E-state index in [4.69, 9.17) is 9.47 Å². The average molecular weight is 341 g/mol. The number of aryl methyl sites for hydroxylation is 2. The van der Waals surface area contributed by atoms with E-state index in [1.165, 1.54) is 11.1 Å². The lowest BCUT2D eigenvalue weighted by Crippen LogP contribution is -2.38. The van der Waals surface area contributed by atoms with E-state index >= 15 is 0 Å². The topological polar surface area (TPSA) is 47.6 Å². The van der Waals surface area contributed by atoms with Gasteiger partial charge in [0.2, 0.25) is 0 Å². The fraction of sp³-hybridized carbons (Fsp3) is 0.381. The third-order valence-corrected chi connectivity index (χ3v) is 4.27. The van der Waals surface area contributed by atoms with Crippen LogP contribution >= 0.6 is 0 Å². The van der Waals surface area contributed by atoms with E-state index in [1.54, 1.807) is 26.2 Å². The predicted octanol–water partition coefficient (Wildman–Crippen LogP) is 4.35. The number of hydrogen-bond acceptors (Lipinski definition) is 3. The van der Waals surface area contributed by atoms with Crippen LogP contribution in [-0.4, -0.2) is 19.1 Å². The molecule has 0 fully saturated rings. The van der Waals surface area contributed by atoms with E-state index in [9.17, 15) is 4.79 Å². The highest BCUT2D eigenvalue weighted by Crippen LogP contribution is 2.22. The van der Waals surface area contributed by atoms with Gasteiger partial charge in [0.1, 0.15) is 11.5 Å². The van der Waals surface area contributed by atoms with Gasteiger partial charge in [-0.2, -0.15) is 0 Å². The maximum absolute atomic E-state index is 12.5. The Morgan fingerprint density at radius 1 is 1.08 bits per heavy atom. The fourth-order valence-electron chi connectivity index (χ4n) is 2.82. The molecule has 2 aromatic rings. The summed E-state index contributed by atoms with van der Waals surface area (Å²) in [4.78, 5) is 12.5. The number of carbonyl (C=O) groups is 1. The van der Waals surface area contributed by atoms with Crippen molar-refractivity contribution in [1.29, 1.82) is 0 Å². The second-order valence-corrected chi connectivity index (χ2v) is 6.27. The van der Waals surface area contributed by atoms with Crippen molar-refractivity contribution in [3.05, 3.63) is 59.2 Å². The minimum Gasteiger partial charge on any atom is -0.497 e. The minimum atomic E-state index is -0.576. The molecule has 0 unspecified atom stereocenters. The van der Waals surface area contributed by atoms with Gasteiger partial charge in [-0.05, 0) is 62.6 Å². The van der Waals surface area contributed by atoms with Crippen LogP contribution in [0.5, 0.6) is 11.5 Å². The molecule has 2 aromatic carbocycles. The molecule has 1 N–H and O–H groups in total. The molecule has 0 radical (unpaired) electrons. The van der Waals surface area contributed by atoms with Crippen LogP contribution < -0.4 is 14.8 Å². The fourth-order valence-corrected chi connectivity index (χ4v) is 2.82. The summed E-state index contributed by atoms with van der Waals surface area (Å²) in [6.45, 7) is 7.98. The van der Waals surface area contributed by atoms with E-state index in [2.05, 4.69) is 44.3 Å². The zero-order valence-corrected chi connectivity index (χ0v) is 15.6. The Labute approximate surface area is 150 Å². The lowest BCUT2D eigenvalue weighted by molar-refractivity contribution is -0.128. The van der Waals surface area contributed by atoms with Crippen LogP contribution in [0.15, 0.2) is 42.5 Å². The van der Waals surface area contributed by atoms with Crippen LogP contribution in [0, 0.1) is 13.8 Å². The highest BCUT2D eigenvalue weighted by atomic mass is 16.5. The molecule has 25 heavy (non-hydrogen) atoms. The van der Waals surface area contributed by atoms with Gasteiger partial charge in [0.05, 0.1) is 13.2 Å². The Morgan fingerprint density at radius 3 is 2.28 bits per heavy atom. The number of amides is 1. The van der Waals surface area contributed by atoms with Gasteiger partial charge in [-0.25, -0.2) is 0 Å². The van der Waals surface area contributed by atoms with Crippen LogP contribution in [0.3, 0.4) is 0 Å². The summed E-state index contributed by atoms with van der Waals surface area (Å²) in [7, 11) is 1.61. The van der Waals surface area contributed by atoms with Gasteiger partial charge in [0, 0.05) is 0 Å². The molecular formula is C21H27NO3. The summed E-state index contributed by atoms with van der Waals surface area (Å²) >= 11 is 0. The molecule has 0 bridgehead atoms. The summed E-state index contributed by atoms with van der Waals surface area (Å²) in [6.07, 6.45) is 0.249. The largest absolute Gasteiger partial charge is 0.497 e. The lowest BCUT2D eigenvalue weighted by atomic mass is 9.97. The Bertz CT molecular complexity index is 710. The van der Waals surface area contributed by atoms with Crippen LogP contribution in [0.25, 0.3) is 0 Å². The van der Waals surface area contributed by atoms with Gasteiger partial charge >= 0.3 is 0 Å². The molecule has 0 aliphatic carbocycles. The number of carbonyl (C=O) groups excluding carboxylic acids is 1. The van der Waals surface area contributed by atoms with Crippen molar-refractivity contribution in [3.63, 3.8) is 0 Å². The smallest absolute Gasteiger partial charge is 0.261 e. The molecule has 0 aliphatic heterocycles. The van der Waals surface area contributed by atoms with Crippen molar-refractivity contribution >= 4 is 5.91 Å². The van der Waals surface area contributed by atoms with Crippen LogP contribution in [-0.2, 0) is 4.79 Å². The number of ether oxygens (including phenoxy) is 2. The maximum atomic E-state index is 12.5. The zero-order chi connectivity index (χ0) is 18.4. The Hall–Kier alpha value is -2.49. The molecule has 2 rings (SSSR count). The maximum Gasteiger partial charge on any atom is 0.261 e. The van der Waals surface area contributed by atoms with Gasteiger partial charge in [0.15, 0.2) is 6.10 Å². The average Bonchev–Trinajstić information content (AvgIpc) is 2.60. The number of benzene rings is 2. The van der Waals surface area contributed by atoms with Gasteiger partial charge in [-0.15, -0.1) is 0 Å². The first-order valence-electron chi connectivity index (χ1n) is 8.62. The second kappa shape index (κ2) is 8.56. The molecule has 0 spiro atoms. The first-order chi connectivity index (χ1) is 11.9. The standard InChI is InChI=1S/C21H27NO3/c1-6-20(19-12-7-14(2)13-15(19)3)22-21(23)16(4)25-18-10-8-17(24-5)9-11-18/h7-13,16,20H,6H2,1-5H3,(H,22,23)/t16-,20-/m0/s1. The number of nitrogens with one attached hydrogen (secondary N) is 1. The Balaban J connectivity index is 2.02. The highest BCUT2D eigenvalue weighted by Gasteiger charge is 2.20. The summed E-state index contributed by atoms with van der Waals surface area (Å²) in [5.41, 5.74) is 3.56. The summed E-state index contributed by atoms with van der Waals surface area (Å²) in [5, 5.41) is 3.10. The van der Waals surface area contributed by atoms with E-state index in [0.29, 0.717) is 5.75 Å². The van der Waals surface area contributed by atoms with Gasteiger partial charge in [-0.1, -0.05) is 30.7 Å². The Morgan fingerprint density at radius 2 is 1.72 bits per heavy atom. The van der Waals surface area contributed by atoms with Crippen LogP contribution in [0.4, 0.5) is 0 Å². The number of methoxy groups -OCH3 is 1. The van der Waals surface area contributed by atoms with Gasteiger partial charge in [-0.3, -0.25) is 4.79 Å². The summed E-state index contributed by atoms with van der Waals surface area (Å²) in [5.74, 6) is 1.27. The summed E-state index contributed by atoms with van der Waals surface area (Å²) < 4.78 is 10.9. The van der Waals surface area contributed by atoms with Crippen LogP contribution in [0.1, 0.15) is 43.0 Å². The third kappa shape index (κ3) is 4.99. The van der Waals surface area contributed by atoms with E-state index in [0.717, 1.165) is 17.7 Å². The van der Waals surface area contributed by atoms with Crippen LogP contribution in [0.2, 0.25) is 0 Å². The molecule has 134 valence electrons. The molecule has 4 heteroatoms. The van der Waals surface area contributed by atoms with Gasteiger partial charge in [0.25, 0.3) is 5.91 Å². The molecule has 0 saturated heterocycles. The predicted molar refractivity (Wildman–Crippen MR) is 100 cm³/mol. The number of hydrogen-bond donors (Lipinski definition) is 1. The third-order valence-electron chi connectivity index (χ3n) is 4.27. The molecule has 2 atom stereocenters. The SMILES string of the molecule is CC[C@H](NC(=O)[C@H](C)Oc1ccc(OC)cc1)c1ccc(C)cc1C. The van der Waals surface area contributed by atoms with E-state index in [-0.39, 0.29) is 11.9 Å². The van der Waals surface area contributed by atoms with E-state index < -0.39 is 6.10 Å². The van der Waals surface area contributed by atoms with Gasteiger partial charge < -0.3 is 14.8 Å². The molecule has 0 heterocycles. The molecule has 4 nitrogen and oxygen atoms in total. The van der Waals surface area contributed by atoms with Crippen molar-refractivity contribution in [1.82, 2.24) is 5.32 Å². The minimum absolute atomic E-state index is 0.0185. The lowest BCUT2D eigenvalue weighted by Gasteiger charge is -2.22. The number of rotatable bonds is 7. The monoisotopic (exact) mass is 341 g/mol. The molecule has 0 saturated carbocycles. The quantitative estimate of drug-likeness (QED) is 0.814. The first-order valence-corrected chi connectivity index (χ1v) is 8.62.